The number of hydrogen-bond donors (Lipinski definition) is 0. The largest absolute Gasteiger partial charge is 0.496 e. The summed E-state index contributed by atoms with van der Waals surface area (Å²) in [5, 5.41) is 0. The third-order valence-electron chi connectivity index (χ3n) is 4.85. The van der Waals surface area contributed by atoms with Crippen LogP contribution in [0.3, 0.4) is 0 Å². The molecule has 0 saturated heterocycles. The molecule has 0 fully saturated rings. The van der Waals surface area contributed by atoms with Crippen LogP contribution in [0.4, 0.5) is 0 Å². The van der Waals surface area contributed by atoms with Gasteiger partial charge < -0.3 is 4.74 Å². The molecular formula is C22H20O. The first-order valence-electron chi connectivity index (χ1n) is 8.04. The zero-order valence-electron chi connectivity index (χ0n) is 13.8. The minimum absolute atomic E-state index is 0.958. The number of benzene rings is 3. The molecule has 114 valence electrons. The van der Waals surface area contributed by atoms with Gasteiger partial charge in [-0.05, 0) is 76.9 Å². The number of fused-ring (bicyclic) bond motifs is 3. The fourth-order valence-electron chi connectivity index (χ4n) is 3.63. The fraction of sp³-hybridized carbons (Fsp3) is 0.182. The molecule has 0 N–H and O–H groups in total. The van der Waals surface area contributed by atoms with Crippen LogP contribution in [0.25, 0.3) is 22.3 Å². The van der Waals surface area contributed by atoms with Crippen molar-refractivity contribution in [3.63, 3.8) is 0 Å². The Bertz CT molecular complexity index is 906. The average molecular weight is 300 g/mol. The SMILES string of the molecule is COc1cc(C)c(-c2ccc3c(c2)Cc2ccccc2-3)cc1C. The maximum absolute atomic E-state index is 5.43. The van der Waals surface area contributed by atoms with Crippen LogP contribution in [0.15, 0.2) is 54.6 Å². The summed E-state index contributed by atoms with van der Waals surface area (Å²) in [4.78, 5) is 0. The van der Waals surface area contributed by atoms with Gasteiger partial charge in [-0.25, -0.2) is 0 Å². The lowest BCUT2D eigenvalue weighted by Crippen LogP contribution is -1.92. The Morgan fingerprint density at radius 2 is 1.52 bits per heavy atom. The molecule has 3 aromatic carbocycles. The molecule has 0 spiro atoms. The fourth-order valence-corrected chi connectivity index (χ4v) is 3.63. The first-order chi connectivity index (χ1) is 11.2. The number of methoxy groups -OCH3 is 1. The second-order valence-corrected chi connectivity index (χ2v) is 6.34. The van der Waals surface area contributed by atoms with E-state index >= 15 is 0 Å². The van der Waals surface area contributed by atoms with E-state index in [1.165, 1.54) is 44.5 Å². The summed E-state index contributed by atoms with van der Waals surface area (Å²) in [6.45, 7) is 4.25. The monoisotopic (exact) mass is 300 g/mol. The third kappa shape index (κ3) is 2.24. The van der Waals surface area contributed by atoms with E-state index in [9.17, 15) is 0 Å². The van der Waals surface area contributed by atoms with Gasteiger partial charge in [0.25, 0.3) is 0 Å². The van der Waals surface area contributed by atoms with E-state index in [1.54, 1.807) is 7.11 Å². The summed E-state index contributed by atoms with van der Waals surface area (Å²) in [5.41, 5.74) is 10.6. The predicted octanol–water partition coefficient (Wildman–Crippen LogP) is 5.55. The topological polar surface area (TPSA) is 9.23 Å². The minimum atomic E-state index is 0.958. The highest BCUT2D eigenvalue weighted by molar-refractivity contribution is 5.81. The molecule has 0 saturated carbocycles. The molecule has 1 aliphatic rings. The Morgan fingerprint density at radius 3 is 2.35 bits per heavy atom. The first kappa shape index (κ1) is 14.1. The van der Waals surface area contributed by atoms with Crippen molar-refractivity contribution in [2.24, 2.45) is 0 Å². The molecule has 0 aliphatic heterocycles. The Labute approximate surface area is 137 Å². The number of rotatable bonds is 2. The maximum atomic E-state index is 5.43. The molecule has 1 heteroatoms. The normalized spacial score (nSPS) is 12.0. The summed E-state index contributed by atoms with van der Waals surface area (Å²) < 4.78 is 5.43. The molecule has 0 radical (unpaired) electrons. The van der Waals surface area contributed by atoms with Crippen LogP contribution in [0, 0.1) is 13.8 Å². The summed E-state index contributed by atoms with van der Waals surface area (Å²) in [7, 11) is 1.73. The molecule has 1 nitrogen and oxygen atoms in total. The highest BCUT2D eigenvalue weighted by atomic mass is 16.5. The average Bonchev–Trinajstić information content (AvgIpc) is 2.94. The van der Waals surface area contributed by atoms with Crippen molar-refractivity contribution in [3.8, 4) is 28.0 Å². The number of ether oxygens (including phenoxy) is 1. The van der Waals surface area contributed by atoms with E-state index in [1.807, 2.05) is 0 Å². The number of hydrogen-bond acceptors (Lipinski definition) is 1. The highest BCUT2D eigenvalue weighted by Crippen LogP contribution is 2.39. The summed E-state index contributed by atoms with van der Waals surface area (Å²) in [5.74, 6) is 0.958. The van der Waals surface area contributed by atoms with Crippen LogP contribution in [0.1, 0.15) is 22.3 Å². The van der Waals surface area contributed by atoms with Gasteiger partial charge in [0.05, 0.1) is 7.11 Å². The minimum Gasteiger partial charge on any atom is -0.496 e. The standard InChI is InChI=1S/C22H20O/c1-14-11-22(23-3)15(2)10-21(14)17-8-9-20-18(13-17)12-16-6-4-5-7-19(16)20/h4-11,13H,12H2,1-3H3. The molecule has 23 heavy (non-hydrogen) atoms. The summed E-state index contributed by atoms with van der Waals surface area (Å²) in [6, 6.07) is 19.9. The summed E-state index contributed by atoms with van der Waals surface area (Å²) in [6.07, 6.45) is 1.04. The van der Waals surface area contributed by atoms with E-state index < -0.39 is 0 Å². The van der Waals surface area contributed by atoms with Gasteiger partial charge in [-0.15, -0.1) is 0 Å². The summed E-state index contributed by atoms with van der Waals surface area (Å²) >= 11 is 0. The van der Waals surface area contributed by atoms with E-state index in [4.69, 9.17) is 4.74 Å². The molecule has 0 amide bonds. The predicted molar refractivity (Wildman–Crippen MR) is 96.1 cm³/mol. The van der Waals surface area contributed by atoms with Gasteiger partial charge in [0.1, 0.15) is 5.75 Å². The maximum Gasteiger partial charge on any atom is 0.122 e. The lowest BCUT2D eigenvalue weighted by Gasteiger charge is -2.13. The first-order valence-corrected chi connectivity index (χ1v) is 8.04. The van der Waals surface area contributed by atoms with E-state index in [0.717, 1.165) is 12.2 Å². The van der Waals surface area contributed by atoms with Gasteiger partial charge in [-0.3, -0.25) is 0 Å². The zero-order valence-corrected chi connectivity index (χ0v) is 13.8. The van der Waals surface area contributed by atoms with Crippen molar-refractivity contribution >= 4 is 0 Å². The van der Waals surface area contributed by atoms with Gasteiger partial charge in [0, 0.05) is 0 Å². The van der Waals surface area contributed by atoms with Crippen LogP contribution in [-0.2, 0) is 6.42 Å². The van der Waals surface area contributed by atoms with Gasteiger partial charge in [-0.2, -0.15) is 0 Å². The van der Waals surface area contributed by atoms with Crippen LogP contribution in [-0.4, -0.2) is 7.11 Å². The van der Waals surface area contributed by atoms with Crippen molar-refractivity contribution in [1.82, 2.24) is 0 Å². The van der Waals surface area contributed by atoms with E-state index in [2.05, 4.69) is 68.4 Å². The van der Waals surface area contributed by atoms with Gasteiger partial charge >= 0.3 is 0 Å². The van der Waals surface area contributed by atoms with Gasteiger partial charge in [0.15, 0.2) is 0 Å². The Balaban J connectivity index is 1.81. The second kappa shape index (κ2) is 5.27. The lowest BCUT2D eigenvalue weighted by atomic mass is 9.94. The van der Waals surface area contributed by atoms with Crippen molar-refractivity contribution in [3.05, 3.63) is 76.9 Å². The molecular weight excluding hydrogens is 280 g/mol. The zero-order chi connectivity index (χ0) is 16.0. The molecule has 4 rings (SSSR count). The van der Waals surface area contributed by atoms with E-state index in [0.29, 0.717) is 0 Å². The third-order valence-corrected chi connectivity index (χ3v) is 4.85. The highest BCUT2D eigenvalue weighted by Gasteiger charge is 2.18. The second-order valence-electron chi connectivity index (χ2n) is 6.34. The van der Waals surface area contributed by atoms with Crippen LogP contribution < -0.4 is 4.74 Å². The van der Waals surface area contributed by atoms with Crippen molar-refractivity contribution in [2.45, 2.75) is 20.3 Å². The molecule has 0 aromatic heterocycles. The quantitative estimate of drug-likeness (QED) is 0.471. The molecule has 3 aromatic rings. The van der Waals surface area contributed by atoms with Gasteiger partial charge in [0.2, 0.25) is 0 Å². The Kier molecular flexibility index (Phi) is 3.23. The molecule has 0 heterocycles. The van der Waals surface area contributed by atoms with Crippen LogP contribution in [0.2, 0.25) is 0 Å². The lowest BCUT2D eigenvalue weighted by molar-refractivity contribution is 0.411. The smallest absolute Gasteiger partial charge is 0.122 e. The molecule has 1 aliphatic carbocycles. The van der Waals surface area contributed by atoms with Crippen LogP contribution >= 0.6 is 0 Å². The number of aryl methyl sites for hydroxylation is 2. The molecule has 0 unspecified atom stereocenters. The molecule has 0 bridgehead atoms. The Morgan fingerprint density at radius 1 is 0.739 bits per heavy atom. The Hall–Kier alpha value is -2.54. The van der Waals surface area contributed by atoms with Crippen LogP contribution in [0.5, 0.6) is 5.75 Å². The van der Waals surface area contributed by atoms with E-state index in [-0.39, 0.29) is 0 Å². The van der Waals surface area contributed by atoms with Crippen molar-refractivity contribution in [2.75, 3.05) is 7.11 Å². The van der Waals surface area contributed by atoms with Crippen molar-refractivity contribution in [1.29, 1.82) is 0 Å². The van der Waals surface area contributed by atoms with Crippen molar-refractivity contribution < 1.29 is 4.74 Å². The molecule has 0 atom stereocenters. The van der Waals surface area contributed by atoms with Gasteiger partial charge in [-0.1, -0.05) is 42.5 Å².